The Balaban J connectivity index is 1.15. The summed E-state index contributed by atoms with van der Waals surface area (Å²) in [5.74, 6) is 2.66. The molecule has 4 saturated carbocycles. The van der Waals surface area contributed by atoms with Crippen LogP contribution < -0.4 is 5.32 Å². The first-order valence-corrected chi connectivity index (χ1v) is 13.9. The van der Waals surface area contributed by atoms with Gasteiger partial charge in [-0.3, -0.25) is 4.79 Å². The molecule has 5 fully saturated rings. The number of rotatable bonds is 6. The lowest BCUT2D eigenvalue weighted by molar-refractivity contribution is -0.130. The third-order valence-electron chi connectivity index (χ3n) is 8.78. The standard InChI is InChI=1S/C26H36N2O3S/c1-19(26-16-21-13-22(17-26)15-23(14-21)18-26)27-25(29)24-7-10-28(11-8-24)32(30,31)12-9-20-5-3-2-4-6-20/h2-6,9,12,19,21-24H,7-8,10-11,13-18H2,1H3,(H,27,29)/b12-9+. The molecular weight excluding hydrogens is 420 g/mol. The maximum Gasteiger partial charge on any atom is 0.236 e. The topological polar surface area (TPSA) is 66.5 Å². The number of benzene rings is 1. The van der Waals surface area contributed by atoms with Gasteiger partial charge in [0.1, 0.15) is 0 Å². The first kappa shape index (κ1) is 22.1. The second-order valence-electron chi connectivity index (χ2n) is 10.9. The fraction of sp³-hybridized carbons (Fsp3) is 0.654. The quantitative estimate of drug-likeness (QED) is 0.689. The minimum atomic E-state index is -3.46. The van der Waals surface area contributed by atoms with E-state index in [1.807, 2.05) is 30.3 Å². The number of carbonyl (C=O) groups excluding carboxylic acids is 1. The number of amides is 1. The van der Waals surface area contributed by atoms with Crippen LogP contribution in [0, 0.1) is 29.1 Å². The summed E-state index contributed by atoms with van der Waals surface area (Å²) in [5, 5.41) is 4.68. The van der Waals surface area contributed by atoms with Gasteiger partial charge in [-0.05, 0) is 93.1 Å². The lowest BCUT2D eigenvalue weighted by Crippen LogP contribution is -2.56. The van der Waals surface area contributed by atoms with Crippen molar-refractivity contribution >= 4 is 22.0 Å². The molecule has 5 nitrogen and oxygen atoms in total. The molecule has 4 aliphatic carbocycles. The maximum atomic E-state index is 13.1. The van der Waals surface area contributed by atoms with E-state index in [4.69, 9.17) is 0 Å². The summed E-state index contributed by atoms with van der Waals surface area (Å²) in [6, 6.07) is 9.67. The van der Waals surface area contributed by atoms with Crippen molar-refractivity contribution in [2.45, 2.75) is 64.3 Å². The Bertz CT molecular complexity index is 929. The summed E-state index contributed by atoms with van der Waals surface area (Å²) in [4.78, 5) is 13.1. The molecule has 1 atom stereocenters. The molecular formula is C26H36N2O3S. The number of hydrogen-bond donors (Lipinski definition) is 1. The van der Waals surface area contributed by atoms with Crippen molar-refractivity contribution in [1.82, 2.24) is 9.62 Å². The molecule has 1 N–H and O–H groups in total. The molecule has 1 amide bonds. The van der Waals surface area contributed by atoms with E-state index < -0.39 is 10.0 Å². The molecule has 0 radical (unpaired) electrons. The van der Waals surface area contributed by atoms with E-state index >= 15 is 0 Å². The molecule has 1 aromatic carbocycles. The monoisotopic (exact) mass is 456 g/mol. The number of nitrogens with zero attached hydrogens (tertiary/aromatic N) is 1. The molecule has 0 spiro atoms. The molecule has 4 bridgehead atoms. The molecule has 6 heteroatoms. The van der Waals surface area contributed by atoms with Crippen molar-refractivity contribution in [2.24, 2.45) is 29.1 Å². The van der Waals surface area contributed by atoms with Gasteiger partial charge in [0.15, 0.2) is 0 Å². The van der Waals surface area contributed by atoms with Crippen LogP contribution in [0.3, 0.4) is 0 Å². The van der Waals surface area contributed by atoms with Gasteiger partial charge in [0.05, 0.1) is 0 Å². The van der Waals surface area contributed by atoms with Crippen molar-refractivity contribution in [3.63, 3.8) is 0 Å². The molecule has 6 rings (SSSR count). The predicted octanol–water partition coefficient (Wildman–Crippen LogP) is 4.42. The van der Waals surface area contributed by atoms with Crippen molar-refractivity contribution in [3.8, 4) is 0 Å². The van der Waals surface area contributed by atoms with Crippen LogP contribution in [0.1, 0.15) is 63.9 Å². The van der Waals surface area contributed by atoms with E-state index in [9.17, 15) is 13.2 Å². The molecule has 1 aliphatic heterocycles. The van der Waals surface area contributed by atoms with Gasteiger partial charge in [0.25, 0.3) is 0 Å². The Labute approximate surface area is 192 Å². The zero-order chi connectivity index (χ0) is 22.3. The number of hydrogen-bond acceptors (Lipinski definition) is 3. The summed E-state index contributed by atoms with van der Waals surface area (Å²) in [6.07, 6.45) is 10.9. The van der Waals surface area contributed by atoms with Crippen molar-refractivity contribution < 1.29 is 13.2 Å². The van der Waals surface area contributed by atoms with E-state index in [0.29, 0.717) is 31.3 Å². The third-order valence-corrected chi connectivity index (χ3v) is 10.3. The highest BCUT2D eigenvalue weighted by molar-refractivity contribution is 7.92. The zero-order valence-corrected chi connectivity index (χ0v) is 19.9. The highest BCUT2D eigenvalue weighted by atomic mass is 32.2. The normalized spacial score (nSPS) is 34.1. The maximum absolute atomic E-state index is 13.1. The molecule has 1 aromatic rings. The highest BCUT2D eigenvalue weighted by Crippen LogP contribution is 2.61. The zero-order valence-electron chi connectivity index (χ0n) is 19.1. The van der Waals surface area contributed by atoms with Gasteiger partial charge >= 0.3 is 0 Å². The number of nitrogens with one attached hydrogen (secondary N) is 1. The Hall–Kier alpha value is -1.66. The van der Waals surface area contributed by atoms with Crippen LogP contribution in [-0.2, 0) is 14.8 Å². The van der Waals surface area contributed by atoms with E-state index in [-0.39, 0.29) is 17.9 Å². The SMILES string of the molecule is CC(NC(=O)C1CCN(S(=O)(=O)/C=C/c2ccccc2)CC1)C12CC3CC(CC(C3)C1)C2. The van der Waals surface area contributed by atoms with Crippen LogP contribution in [0.4, 0.5) is 0 Å². The van der Waals surface area contributed by atoms with E-state index in [0.717, 1.165) is 23.3 Å². The molecule has 1 unspecified atom stereocenters. The fourth-order valence-electron chi connectivity index (χ4n) is 7.38. The molecule has 174 valence electrons. The van der Waals surface area contributed by atoms with E-state index in [1.165, 1.54) is 48.2 Å². The number of carbonyl (C=O) groups is 1. The Kier molecular flexibility index (Phi) is 5.95. The van der Waals surface area contributed by atoms with Crippen molar-refractivity contribution in [2.75, 3.05) is 13.1 Å². The molecule has 5 aliphatic rings. The average Bonchev–Trinajstić information content (AvgIpc) is 2.77. The van der Waals surface area contributed by atoms with E-state index in [1.54, 1.807) is 6.08 Å². The van der Waals surface area contributed by atoms with E-state index in [2.05, 4.69) is 12.2 Å². The molecule has 1 heterocycles. The van der Waals surface area contributed by atoms with Crippen LogP contribution in [0.15, 0.2) is 35.7 Å². The predicted molar refractivity (Wildman–Crippen MR) is 127 cm³/mol. The summed E-state index contributed by atoms with van der Waals surface area (Å²) < 4.78 is 26.9. The van der Waals surface area contributed by atoms with Crippen LogP contribution >= 0.6 is 0 Å². The van der Waals surface area contributed by atoms with Crippen molar-refractivity contribution in [3.05, 3.63) is 41.3 Å². The Morgan fingerprint density at radius 1 is 1.03 bits per heavy atom. The average molecular weight is 457 g/mol. The highest BCUT2D eigenvalue weighted by Gasteiger charge is 2.53. The first-order chi connectivity index (χ1) is 15.3. The van der Waals surface area contributed by atoms with Gasteiger partial charge in [-0.2, -0.15) is 4.31 Å². The second-order valence-corrected chi connectivity index (χ2v) is 12.8. The van der Waals surface area contributed by atoms with Gasteiger partial charge in [-0.15, -0.1) is 0 Å². The number of sulfonamides is 1. The molecule has 1 saturated heterocycles. The largest absolute Gasteiger partial charge is 0.353 e. The van der Waals surface area contributed by atoms with Gasteiger partial charge in [-0.1, -0.05) is 30.3 Å². The molecule has 0 aromatic heterocycles. The van der Waals surface area contributed by atoms with Crippen LogP contribution in [0.25, 0.3) is 6.08 Å². The van der Waals surface area contributed by atoms with Crippen molar-refractivity contribution in [1.29, 1.82) is 0 Å². The minimum absolute atomic E-state index is 0.0871. The van der Waals surface area contributed by atoms with Crippen LogP contribution in [0.5, 0.6) is 0 Å². The first-order valence-electron chi connectivity index (χ1n) is 12.4. The van der Waals surface area contributed by atoms with Gasteiger partial charge in [-0.25, -0.2) is 8.42 Å². The van der Waals surface area contributed by atoms with Crippen LogP contribution in [-0.4, -0.2) is 37.8 Å². The smallest absolute Gasteiger partial charge is 0.236 e. The summed E-state index contributed by atoms with van der Waals surface area (Å²) >= 11 is 0. The number of piperidine rings is 1. The summed E-state index contributed by atoms with van der Waals surface area (Å²) in [7, 11) is -3.46. The van der Waals surface area contributed by atoms with Gasteiger partial charge in [0, 0.05) is 30.5 Å². The van der Waals surface area contributed by atoms with Crippen LogP contribution in [0.2, 0.25) is 0 Å². The second kappa shape index (κ2) is 8.60. The Morgan fingerprint density at radius 3 is 2.16 bits per heavy atom. The Morgan fingerprint density at radius 2 is 1.59 bits per heavy atom. The summed E-state index contributed by atoms with van der Waals surface area (Å²) in [6.45, 7) is 3.04. The lowest BCUT2D eigenvalue weighted by atomic mass is 9.48. The van der Waals surface area contributed by atoms with Gasteiger partial charge < -0.3 is 5.32 Å². The fourth-order valence-corrected chi connectivity index (χ4v) is 8.60. The molecule has 32 heavy (non-hydrogen) atoms. The third kappa shape index (κ3) is 4.41. The lowest BCUT2D eigenvalue weighted by Gasteiger charge is -2.59. The summed E-state index contributed by atoms with van der Waals surface area (Å²) in [5.41, 5.74) is 1.17. The minimum Gasteiger partial charge on any atom is -0.353 e. The van der Waals surface area contributed by atoms with Gasteiger partial charge in [0.2, 0.25) is 15.9 Å².